The van der Waals surface area contributed by atoms with Gasteiger partial charge in [0.2, 0.25) is 0 Å². The molecule has 0 saturated carbocycles. The van der Waals surface area contributed by atoms with Gasteiger partial charge in [0.15, 0.2) is 5.43 Å². The maximum absolute atomic E-state index is 12.7. The number of hydrogen-bond acceptors (Lipinski definition) is 3. The van der Waals surface area contributed by atoms with Crippen molar-refractivity contribution >= 4 is 28.5 Å². The highest BCUT2D eigenvalue weighted by molar-refractivity contribution is 6.31. The first-order valence-corrected chi connectivity index (χ1v) is 6.96. The number of fused-ring (bicyclic) bond motifs is 1. The summed E-state index contributed by atoms with van der Waals surface area (Å²) in [7, 11) is 1.79. The summed E-state index contributed by atoms with van der Waals surface area (Å²) in [6.45, 7) is 0. The number of benzene rings is 2. The topological polar surface area (TPSA) is 62.1 Å². The highest BCUT2D eigenvalue weighted by Crippen LogP contribution is 2.24. The standard InChI is InChI=1S/C17H12ClNO3/c1-19-9-14(11-4-2-3-5-12(11)17(21)22)16(20)13-8-10(18)6-7-15(13)19/h2-9H,1H3,(H,21,22)/p-1. The average molecular weight is 313 g/mol. The number of carbonyl (C=O) groups excluding carboxylic acids is 1. The Morgan fingerprint density at radius 2 is 1.86 bits per heavy atom. The molecule has 4 nitrogen and oxygen atoms in total. The van der Waals surface area contributed by atoms with Gasteiger partial charge in [0.25, 0.3) is 0 Å². The molecular formula is C17H11ClNO3-. The molecule has 0 saturated heterocycles. The molecule has 0 spiro atoms. The van der Waals surface area contributed by atoms with Crippen molar-refractivity contribution in [3.05, 3.63) is 69.5 Å². The second-order valence-electron chi connectivity index (χ2n) is 4.98. The Kier molecular flexibility index (Phi) is 3.47. The number of carboxylic acids is 1. The average Bonchev–Trinajstić information content (AvgIpc) is 2.50. The lowest BCUT2D eigenvalue weighted by Gasteiger charge is -2.13. The third-order valence-corrected chi connectivity index (χ3v) is 3.82. The molecule has 0 fully saturated rings. The van der Waals surface area contributed by atoms with Gasteiger partial charge in [-0.2, -0.15) is 0 Å². The molecule has 0 atom stereocenters. The molecule has 0 amide bonds. The van der Waals surface area contributed by atoms with Gasteiger partial charge >= 0.3 is 0 Å². The molecule has 2 aromatic carbocycles. The van der Waals surface area contributed by atoms with Crippen molar-refractivity contribution in [3.8, 4) is 11.1 Å². The number of pyridine rings is 1. The van der Waals surface area contributed by atoms with Crippen LogP contribution < -0.4 is 10.5 Å². The number of aromatic carboxylic acids is 1. The van der Waals surface area contributed by atoms with Crippen LogP contribution in [0.4, 0.5) is 0 Å². The van der Waals surface area contributed by atoms with Gasteiger partial charge in [0, 0.05) is 34.8 Å². The zero-order chi connectivity index (χ0) is 15.9. The maximum Gasteiger partial charge on any atom is 0.197 e. The first-order valence-electron chi connectivity index (χ1n) is 6.58. The minimum absolute atomic E-state index is 0.0130. The predicted octanol–water partition coefficient (Wildman–Crippen LogP) is 2.22. The second-order valence-corrected chi connectivity index (χ2v) is 5.41. The monoisotopic (exact) mass is 312 g/mol. The minimum atomic E-state index is -1.32. The number of carbonyl (C=O) groups is 1. The van der Waals surface area contributed by atoms with Crippen LogP contribution in [0.1, 0.15) is 10.4 Å². The van der Waals surface area contributed by atoms with Crippen LogP contribution in [-0.2, 0) is 7.05 Å². The van der Waals surface area contributed by atoms with Crippen molar-refractivity contribution in [2.75, 3.05) is 0 Å². The molecular weight excluding hydrogens is 302 g/mol. The van der Waals surface area contributed by atoms with Gasteiger partial charge in [-0.1, -0.05) is 35.9 Å². The summed E-state index contributed by atoms with van der Waals surface area (Å²) in [6, 6.07) is 11.3. The number of aryl methyl sites for hydroxylation is 1. The zero-order valence-corrected chi connectivity index (χ0v) is 12.4. The first kappa shape index (κ1) is 14.4. The van der Waals surface area contributed by atoms with Crippen LogP contribution in [0.25, 0.3) is 22.0 Å². The quantitative estimate of drug-likeness (QED) is 0.729. The summed E-state index contributed by atoms with van der Waals surface area (Å²) in [5.41, 5.74) is 1.09. The van der Waals surface area contributed by atoms with E-state index >= 15 is 0 Å². The van der Waals surface area contributed by atoms with E-state index in [2.05, 4.69) is 0 Å². The minimum Gasteiger partial charge on any atom is -0.545 e. The largest absolute Gasteiger partial charge is 0.545 e. The van der Waals surface area contributed by atoms with Crippen molar-refractivity contribution in [2.24, 2.45) is 7.05 Å². The van der Waals surface area contributed by atoms with E-state index in [4.69, 9.17) is 11.6 Å². The molecule has 0 N–H and O–H groups in total. The van der Waals surface area contributed by atoms with Gasteiger partial charge in [-0.05, 0) is 23.8 Å². The van der Waals surface area contributed by atoms with E-state index < -0.39 is 5.97 Å². The van der Waals surface area contributed by atoms with E-state index in [0.29, 0.717) is 21.5 Å². The Balaban J connectivity index is 2.41. The summed E-state index contributed by atoms with van der Waals surface area (Å²) in [4.78, 5) is 24.0. The van der Waals surface area contributed by atoms with E-state index in [1.54, 1.807) is 54.2 Å². The van der Waals surface area contributed by atoms with Crippen molar-refractivity contribution < 1.29 is 9.90 Å². The van der Waals surface area contributed by atoms with Crippen LogP contribution in [-0.4, -0.2) is 10.5 Å². The SMILES string of the molecule is Cn1cc(-c2ccccc2C(=O)[O-])c(=O)c2cc(Cl)ccc21. The van der Waals surface area contributed by atoms with Crippen LogP contribution in [0.2, 0.25) is 5.02 Å². The Morgan fingerprint density at radius 3 is 2.59 bits per heavy atom. The van der Waals surface area contributed by atoms with Crippen LogP contribution in [0.5, 0.6) is 0 Å². The third-order valence-electron chi connectivity index (χ3n) is 3.59. The number of aromatic nitrogens is 1. The number of carboxylic acid groups (broad SMARTS) is 1. The van der Waals surface area contributed by atoms with Gasteiger partial charge in [0.05, 0.1) is 11.5 Å². The van der Waals surface area contributed by atoms with Crippen molar-refractivity contribution in [3.63, 3.8) is 0 Å². The van der Waals surface area contributed by atoms with Gasteiger partial charge in [-0.15, -0.1) is 0 Å². The highest BCUT2D eigenvalue weighted by atomic mass is 35.5. The smallest absolute Gasteiger partial charge is 0.197 e. The summed E-state index contributed by atoms with van der Waals surface area (Å²) in [5, 5.41) is 12.2. The van der Waals surface area contributed by atoms with E-state index in [0.717, 1.165) is 5.52 Å². The molecule has 0 unspecified atom stereocenters. The molecule has 0 aliphatic carbocycles. The number of hydrogen-bond donors (Lipinski definition) is 0. The summed E-state index contributed by atoms with van der Waals surface area (Å²) in [5.74, 6) is -1.32. The van der Waals surface area contributed by atoms with Gasteiger partial charge in [-0.25, -0.2) is 0 Å². The Morgan fingerprint density at radius 1 is 1.14 bits per heavy atom. The molecule has 0 aliphatic heterocycles. The van der Waals surface area contributed by atoms with E-state index in [1.807, 2.05) is 0 Å². The Hall–Kier alpha value is -2.59. The summed E-state index contributed by atoms with van der Waals surface area (Å²) in [6.07, 6.45) is 1.63. The van der Waals surface area contributed by atoms with Gasteiger partial charge in [0.1, 0.15) is 0 Å². The highest BCUT2D eigenvalue weighted by Gasteiger charge is 2.13. The van der Waals surface area contributed by atoms with Crippen LogP contribution >= 0.6 is 11.6 Å². The van der Waals surface area contributed by atoms with Crippen LogP contribution in [0, 0.1) is 0 Å². The van der Waals surface area contributed by atoms with Gasteiger partial charge < -0.3 is 14.5 Å². The zero-order valence-electron chi connectivity index (χ0n) is 11.7. The summed E-state index contributed by atoms with van der Waals surface area (Å²) >= 11 is 5.97. The predicted molar refractivity (Wildman–Crippen MR) is 84.0 cm³/mol. The van der Waals surface area contributed by atoms with Crippen LogP contribution in [0.15, 0.2) is 53.5 Å². The molecule has 110 valence electrons. The number of halogens is 1. The molecule has 3 aromatic rings. The fraction of sp³-hybridized carbons (Fsp3) is 0.0588. The molecule has 0 bridgehead atoms. The number of nitrogens with zero attached hydrogens (tertiary/aromatic N) is 1. The molecule has 1 aromatic heterocycles. The van der Waals surface area contributed by atoms with Crippen molar-refractivity contribution in [1.29, 1.82) is 0 Å². The summed E-state index contributed by atoms with van der Waals surface area (Å²) < 4.78 is 1.77. The first-order chi connectivity index (χ1) is 10.5. The van der Waals surface area contributed by atoms with Gasteiger partial charge in [-0.3, -0.25) is 4.79 Å². The van der Waals surface area contributed by atoms with E-state index in [9.17, 15) is 14.7 Å². The third kappa shape index (κ3) is 2.27. The lowest BCUT2D eigenvalue weighted by Crippen LogP contribution is -2.24. The molecule has 0 aliphatic rings. The molecule has 1 heterocycles. The van der Waals surface area contributed by atoms with E-state index in [-0.39, 0.29) is 11.0 Å². The van der Waals surface area contributed by atoms with Crippen molar-refractivity contribution in [1.82, 2.24) is 4.57 Å². The van der Waals surface area contributed by atoms with E-state index in [1.165, 1.54) is 6.07 Å². The Bertz CT molecular complexity index is 960. The number of rotatable bonds is 2. The van der Waals surface area contributed by atoms with Crippen LogP contribution in [0.3, 0.4) is 0 Å². The normalized spacial score (nSPS) is 10.8. The maximum atomic E-state index is 12.7. The molecule has 3 rings (SSSR count). The lowest BCUT2D eigenvalue weighted by molar-refractivity contribution is -0.254. The second kappa shape index (κ2) is 5.31. The molecule has 5 heteroatoms. The Labute approximate surface area is 131 Å². The fourth-order valence-corrected chi connectivity index (χ4v) is 2.72. The lowest BCUT2D eigenvalue weighted by atomic mass is 9.99. The molecule has 0 radical (unpaired) electrons. The fourth-order valence-electron chi connectivity index (χ4n) is 2.55. The van der Waals surface area contributed by atoms with Crippen molar-refractivity contribution in [2.45, 2.75) is 0 Å². The molecule has 22 heavy (non-hydrogen) atoms.